The third-order valence-electron chi connectivity index (χ3n) is 2.03. The minimum absolute atomic E-state index is 0.254. The van der Waals surface area contributed by atoms with Gasteiger partial charge in [0.1, 0.15) is 5.60 Å². The van der Waals surface area contributed by atoms with Gasteiger partial charge in [0.15, 0.2) is 0 Å². The molecular weight excluding hydrogens is 224 g/mol. The van der Waals surface area contributed by atoms with Crippen LogP contribution in [0.3, 0.4) is 0 Å². The van der Waals surface area contributed by atoms with Crippen LogP contribution in [-0.2, 0) is 19.6 Å². The largest absolute Gasteiger partial charge is 0.542 e. The summed E-state index contributed by atoms with van der Waals surface area (Å²) >= 11 is 0. The molecule has 0 heterocycles. The summed E-state index contributed by atoms with van der Waals surface area (Å²) in [5, 5.41) is 4.42. The van der Waals surface area contributed by atoms with Gasteiger partial charge in [0.2, 0.25) is 0 Å². The van der Waals surface area contributed by atoms with Gasteiger partial charge in [-0.15, -0.1) is 0 Å². The minimum Gasteiger partial charge on any atom is -0.432 e. The summed E-state index contributed by atoms with van der Waals surface area (Å²) in [5.74, 6) is 0.254. The maximum Gasteiger partial charge on any atom is 0.542 e. The first-order valence-corrected chi connectivity index (χ1v) is 6.06. The first kappa shape index (κ1) is 16.2. The molecule has 5 nitrogen and oxygen atoms in total. The van der Waals surface area contributed by atoms with Gasteiger partial charge in [-0.25, -0.2) is 9.68 Å². The van der Waals surface area contributed by atoms with Crippen LogP contribution in [0.2, 0.25) is 0 Å². The van der Waals surface area contributed by atoms with Crippen LogP contribution in [0.25, 0.3) is 0 Å². The normalized spacial score (nSPS) is 11.6. The Labute approximate surface area is 103 Å². The molecule has 102 valence electrons. The molecular formula is C12H24O5. The predicted octanol–water partition coefficient (Wildman–Crippen LogP) is 3.63. The van der Waals surface area contributed by atoms with Crippen molar-refractivity contribution in [2.45, 2.75) is 59.5 Å². The summed E-state index contributed by atoms with van der Waals surface area (Å²) in [6, 6.07) is 0. The third-order valence-corrected chi connectivity index (χ3v) is 2.03. The molecule has 17 heavy (non-hydrogen) atoms. The zero-order chi connectivity index (χ0) is 13.3. The Hall–Kier alpha value is -0.810. The van der Waals surface area contributed by atoms with Gasteiger partial charge in [-0.2, -0.15) is 4.89 Å². The number of ether oxygens (including phenoxy) is 1. The fraction of sp³-hybridized carbons (Fsp3) is 0.917. The molecule has 0 bridgehead atoms. The molecule has 0 aromatic heterocycles. The van der Waals surface area contributed by atoms with E-state index in [-0.39, 0.29) is 5.92 Å². The molecule has 0 rings (SSSR count). The lowest BCUT2D eigenvalue weighted by molar-refractivity contribution is -0.517. The average Bonchev–Trinajstić information content (AvgIpc) is 2.23. The summed E-state index contributed by atoms with van der Waals surface area (Å²) in [6.07, 6.45) is 2.04. The molecule has 0 radical (unpaired) electrons. The van der Waals surface area contributed by atoms with Crippen LogP contribution in [0.15, 0.2) is 0 Å². The van der Waals surface area contributed by atoms with Crippen molar-refractivity contribution in [3.05, 3.63) is 0 Å². The lowest BCUT2D eigenvalue weighted by Gasteiger charge is -2.21. The fourth-order valence-electron chi connectivity index (χ4n) is 1.04. The molecule has 0 unspecified atom stereocenters. The Morgan fingerprint density at radius 3 is 2.47 bits per heavy atom. The second kappa shape index (κ2) is 8.31. The molecule has 0 aromatic rings. The molecule has 0 aromatic carbocycles. The van der Waals surface area contributed by atoms with Crippen LogP contribution in [0.5, 0.6) is 0 Å². The van der Waals surface area contributed by atoms with Crippen LogP contribution in [-0.4, -0.2) is 18.4 Å². The van der Waals surface area contributed by atoms with Gasteiger partial charge < -0.3 is 4.74 Å². The van der Waals surface area contributed by atoms with E-state index in [2.05, 4.69) is 16.8 Å². The van der Waals surface area contributed by atoms with E-state index in [1.807, 2.05) is 27.7 Å². The van der Waals surface area contributed by atoms with Crippen molar-refractivity contribution in [2.75, 3.05) is 6.61 Å². The zero-order valence-electron chi connectivity index (χ0n) is 11.4. The summed E-state index contributed by atoms with van der Waals surface area (Å²) in [6.45, 7) is 9.98. The second-order valence-corrected chi connectivity index (χ2v) is 5.05. The van der Waals surface area contributed by atoms with Crippen molar-refractivity contribution in [3.8, 4) is 0 Å². The topological polar surface area (TPSA) is 54.0 Å². The summed E-state index contributed by atoms with van der Waals surface area (Å²) < 4.78 is 4.73. The molecule has 0 aliphatic rings. The van der Waals surface area contributed by atoms with Gasteiger partial charge in [-0.3, -0.25) is 0 Å². The lowest BCUT2D eigenvalue weighted by Crippen LogP contribution is -2.25. The Kier molecular flexibility index (Phi) is 7.91. The molecule has 0 N–H and O–H groups in total. The van der Waals surface area contributed by atoms with E-state index in [1.54, 1.807) is 0 Å². The predicted molar refractivity (Wildman–Crippen MR) is 63.0 cm³/mol. The molecule has 0 spiro atoms. The van der Waals surface area contributed by atoms with Crippen LogP contribution in [0.1, 0.15) is 53.9 Å². The van der Waals surface area contributed by atoms with Crippen molar-refractivity contribution >= 4 is 6.16 Å². The highest BCUT2D eigenvalue weighted by Gasteiger charge is 2.21. The average molecular weight is 248 g/mol. The third kappa shape index (κ3) is 10.1. The fourth-order valence-corrected chi connectivity index (χ4v) is 1.04. The Morgan fingerprint density at radius 2 is 1.94 bits per heavy atom. The zero-order valence-corrected chi connectivity index (χ0v) is 11.4. The van der Waals surface area contributed by atoms with Crippen molar-refractivity contribution < 1.29 is 24.3 Å². The van der Waals surface area contributed by atoms with Gasteiger partial charge in [0.25, 0.3) is 0 Å². The molecule has 0 atom stereocenters. The number of rotatable bonds is 8. The highest BCUT2D eigenvalue weighted by atomic mass is 17.5. The van der Waals surface area contributed by atoms with E-state index in [4.69, 9.17) is 9.62 Å². The highest BCUT2D eigenvalue weighted by molar-refractivity contribution is 5.58. The number of hydrogen-bond donors (Lipinski definition) is 0. The summed E-state index contributed by atoms with van der Waals surface area (Å²) in [7, 11) is 0. The SMILES string of the molecule is CCCCC(C)(C)OOOC(=O)OCC(C)C. The number of hydrogen-bond acceptors (Lipinski definition) is 5. The monoisotopic (exact) mass is 248 g/mol. The molecule has 5 heteroatoms. The first-order valence-electron chi connectivity index (χ1n) is 6.06. The molecule has 0 saturated carbocycles. The quantitative estimate of drug-likeness (QED) is 0.373. The Bertz CT molecular complexity index is 213. The van der Waals surface area contributed by atoms with E-state index in [0.29, 0.717) is 6.61 Å². The Morgan fingerprint density at radius 1 is 1.29 bits per heavy atom. The van der Waals surface area contributed by atoms with Crippen LogP contribution in [0, 0.1) is 5.92 Å². The molecule has 0 fully saturated rings. The van der Waals surface area contributed by atoms with Crippen molar-refractivity contribution in [2.24, 2.45) is 5.92 Å². The van der Waals surface area contributed by atoms with E-state index < -0.39 is 11.8 Å². The molecule has 0 aliphatic heterocycles. The van der Waals surface area contributed by atoms with Gasteiger partial charge in [0, 0.05) is 0 Å². The summed E-state index contributed by atoms with van der Waals surface area (Å²) in [5.41, 5.74) is -0.478. The van der Waals surface area contributed by atoms with Crippen molar-refractivity contribution in [1.29, 1.82) is 0 Å². The standard InChI is InChI=1S/C12H24O5/c1-6-7-8-12(4,5)16-17-15-11(13)14-9-10(2)3/h10H,6-9H2,1-5H3. The minimum atomic E-state index is -0.884. The van der Waals surface area contributed by atoms with Crippen LogP contribution >= 0.6 is 0 Å². The van der Waals surface area contributed by atoms with Crippen LogP contribution < -0.4 is 0 Å². The first-order chi connectivity index (χ1) is 7.87. The maximum absolute atomic E-state index is 11.0. The number of unbranched alkanes of at least 4 members (excludes halogenated alkanes) is 1. The van der Waals surface area contributed by atoms with Crippen LogP contribution in [0.4, 0.5) is 4.79 Å². The number of carbonyl (C=O) groups excluding carboxylic acids is 1. The highest BCUT2D eigenvalue weighted by Crippen LogP contribution is 2.18. The van der Waals surface area contributed by atoms with Gasteiger partial charge in [-0.1, -0.05) is 33.6 Å². The number of carbonyl (C=O) groups is 1. The molecule has 0 aliphatic carbocycles. The lowest BCUT2D eigenvalue weighted by atomic mass is 10.0. The van der Waals surface area contributed by atoms with Crippen molar-refractivity contribution in [1.82, 2.24) is 0 Å². The van der Waals surface area contributed by atoms with Gasteiger partial charge in [-0.05, 0) is 31.2 Å². The van der Waals surface area contributed by atoms with Gasteiger partial charge >= 0.3 is 6.16 Å². The molecule has 0 saturated heterocycles. The maximum atomic E-state index is 11.0. The Balaban J connectivity index is 3.64. The summed E-state index contributed by atoms with van der Waals surface area (Å²) in [4.78, 5) is 20.3. The second-order valence-electron chi connectivity index (χ2n) is 5.05. The smallest absolute Gasteiger partial charge is 0.432 e. The van der Waals surface area contributed by atoms with E-state index in [9.17, 15) is 4.79 Å². The molecule has 0 amide bonds. The van der Waals surface area contributed by atoms with E-state index in [1.165, 1.54) is 0 Å². The van der Waals surface area contributed by atoms with Gasteiger partial charge in [0.05, 0.1) is 6.61 Å². The van der Waals surface area contributed by atoms with E-state index in [0.717, 1.165) is 19.3 Å². The van der Waals surface area contributed by atoms with E-state index >= 15 is 0 Å². The van der Waals surface area contributed by atoms with Crippen molar-refractivity contribution in [3.63, 3.8) is 0 Å².